The molecule has 31 heavy (non-hydrogen) atoms. The Labute approximate surface area is 182 Å². The third-order valence-electron chi connectivity index (χ3n) is 5.54. The summed E-state index contributed by atoms with van der Waals surface area (Å²) in [5.74, 6) is 0.546. The predicted molar refractivity (Wildman–Crippen MR) is 120 cm³/mol. The van der Waals surface area contributed by atoms with Gasteiger partial charge in [0.25, 0.3) is 5.91 Å². The Hall–Kier alpha value is -3.36. The maximum absolute atomic E-state index is 12.4. The zero-order valence-corrected chi connectivity index (χ0v) is 18.4. The maximum Gasteiger partial charge on any atom is 0.325 e. The maximum atomic E-state index is 12.4. The van der Waals surface area contributed by atoms with E-state index in [0.29, 0.717) is 31.9 Å². The smallest absolute Gasteiger partial charge is 0.325 e. The Morgan fingerprint density at radius 2 is 1.94 bits per heavy atom. The van der Waals surface area contributed by atoms with Gasteiger partial charge in [0.1, 0.15) is 5.54 Å². The molecule has 1 aromatic carbocycles. The number of hydrogen-bond acceptors (Lipinski definition) is 4. The first kappa shape index (κ1) is 22.3. The molecule has 0 saturated carbocycles. The van der Waals surface area contributed by atoms with Gasteiger partial charge in [-0.2, -0.15) is 5.10 Å². The monoisotopic (exact) mass is 425 g/mol. The largest absolute Gasteiger partial charge is 0.356 e. The van der Waals surface area contributed by atoms with E-state index in [-0.39, 0.29) is 11.9 Å². The van der Waals surface area contributed by atoms with E-state index in [1.54, 1.807) is 20.2 Å². The number of guanidine groups is 1. The summed E-state index contributed by atoms with van der Waals surface area (Å²) in [6, 6.07) is 9.88. The van der Waals surface area contributed by atoms with Crippen LogP contribution in [0.2, 0.25) is 0 Å². The Morgan fingerprint density at radius 3 is 2.55 bits per heavy atom. The van der Waals surface area contributed by atoms with Crippen LogP contribution in [0.1, 0.15) is 32.3 Å². The number of carbonyl (C=O) groups excluding carboxylic acids is 2. The SMILES string of the molecule is CCC1(C)NC(=O)N(CCCNC(=NC)NCCc2ccc(-n3cccn3)cc2)C1=O. The summed E-state index contributed by atoms with van der Waals surface area (Å²) in [5, 5.41) is 13.5. The van der Waals surface area contributed by atoms with Gasteiger partial charge in [-0.25, -0.2) is 9.48 Å². The molecule has 1 fully saturated rings. The van der Waals surface area contributed by atoms with E-state index in [0.717, 1.165) is 18.7 Å². The molecular formula is C22H31N7O2. The van der Waals surface area contributed by atoms with E-state index in [1.165, 1.54) is 10.5 Å². The first-order chi connectivity index (χ1) is 15.0. The third-order valence-corrected chi connectivity index (χ3v) is 5.54. The van der Waals surface area contributed by atoms with Gasteiger partial charge in [0.15, 0.2) is 5.96 Å². The van der Waals surface area contributed by atoms with Crippen molar-refractivity contribution in [2.24, 2.45) is 4.99 Å². The van der Waals surface area contributed by atoms with Crippen molar-refractivity contribution in [2.75, 3.05) is 26.7 Å². The van der Waals surface area contributed by atoms with Crippen LogP contribution in [0.25, 0.3) is 5.69 Å². The van der Waals surface area contributed by atoms with Crippen molar-refractivity contribution in [3.05, 3.63) is 48.3 Å². The number of hydrogen-bond donors (Lipinski definition) is 3. The fourth-order valence-corrected chi connectivity index (χ4v) is 3.42. The van der Waals surface area contributed by atoms with Gasteiger partial charge in [-0.1, -0.05) is 19.1 Å². The number of nitrogens with zero attached hydrogens (tertiary/aromatic N) is 4. The van der Waals surface area contributed by atoms with Gasteiger partial charge in [0.05, 0.1) is 5.69 Å². The molecule has 1 aliphatic heterocycles. The first-order valence-corrected chi connectivity index (χ1v) is 10.6. The summed E-state index contributed by atoms with van der Waals surface area (Å²) >= 11 is 0. The predicted octanol–water partition coefficient (Wildman–Crippen LogP) is 1.69. The molecule has 0 spiro atoms. The van der Waals surface area contributed by atoms with Crippen molar-refractivity contribution in [3.8, 4) is 5.69 Å². The average Bonchev–Trinajstić information content (AvgIpc) is 3.39. The summed E-state index contributed by atoms with van der Waals surface area (Å²) in [7, 11) is 1.72. The number of imide groups is 1. The molecule has 3 N–H and O–H groups in total. The molecule has 1 atom stereocenters. The van der Waals surface area contributed by atoms with Crippen molar-refractivity contribution in [1.29, 1.82) is 0 Å². The third kappa shape index (κ3) is 5.42. The van der Waals surface area contributed by atoms with Crippen LogP contribution in [0.4, 0.5) is 4.79 Å². The molecule has 9 nitrogen and oxygen atoms in total. The lowest BCUT2D eigenvalue weighted by Gasteiger charge is -2.19. The molecule has 1 aromatic heterocycles. The highest BCUT2D eigenvalue weighted by Gasteiger charge is 2.45. The van der Waals surface area contributed by atoms with Gasteiger partial charge in [-0.15, -0.1) is 0 Å². The molecule has 1 aliphatic rings. The van der Waals surface area contributed by atoms with E-state index in [4.69, 9.17) is 0 Å². The molecule has 9 heteroatoms. The minimum Gasteiger partial charge on any atom is -0.356 e. The van der Waals surface area contributed by atoms with Crippen molar-refractivity contribution in [2.45, 2.75) is 38.6 Å². The van der Waals surface area contributed by atoms with Crippen LogP contribution in [0.15, 0.2) is 47.7 Å². The number of benzene rings is 1. The van der Waals surface area contributed by atoms with Crippen molar-refractivity contribution in [1.82, 2.24) is 30.6 Å². The molecule has 0 bridgehead atoms. The molecule has 2 heterocycles. The molecule has 1 saturated heterocycles. The van der Waals surface area contributed by atoms with Crippen LogP contribution in [0.5, 0.6) is 0 Å². The summed E-state index contributed by atoms with van der Waals surface area (Å²) in [6.07, 6.45) is 5.76. The minimum absolute atomic E-state index is 0.152. The van der Waals surface area contributed by atoms with Crippen molar-refractivity contribution < 1.29 is 9.59 Å². The standard InChI is InChI=1S/C22H31N7O2/c1-4-22(2)19(30)28(21(31)27-22)15-5-12-24-20(23-3)25-14-11-17-7-9-18(10-8-17)29-16-6-13-26-29/h6-10,13,16H,4-5,11-12,14-15H2,1-3H3,(H,27,31)(H2,23,24,25). The average molecular weight is 426 g/mol. The number of aliphatic imine (C=N–C) groups is 1. The Kier molecular flexibility index (Phi) is 7.28. The summed E-state index contributed by atoms with van der Waals surface area (Å²) in [6.45, 7) is 5.39. The first-order valence-electron chi connectivity index (χ1n) is 10.6. The summed E-state index contributed by atoms with van der Waals surface area (Å²) in [4.78, 5) is 30.0. The topological polar surface area (TPSA) is 104 Å². The van der Waals surface area contributed by atoms with E-state index >= 15 is 0 Å². The summed E-state index contributed by atoms with van der Waals surface area (Å²) in [5.41, 5.74) is 1.47. The molecular weight excluding hydrogens is 394 g/mol. The lowest BCUT2D eigenvalue weighted by Crippen LogP contribution is -2.43. The second-order valence-corrected chi connectivity index (χ2v) is 7.72. The molecule has 166 valence electrons. The molecule has 0 radical (unpaired) electrons. The second-order valence-electron chi connectivity index (χ2n) is 7.72. The highest BCUT2D eigenvalue weighted by molar-refractivity contribution is 6.06. The van der Waals surface area contributed by atoms with Crippen LogP contribution < -0.4 is 16.0 Å². The van der Waals surface area contributed by atoms with E-state index < -0.39 is 5.54 Å². The lowest BCUT2D eigenvalue weighted by molar-refractivity contribution is -0.130. The molecule has 1 unspecified atom stereocenters. The molecule has 0 aliphatic carbocycles. The molecule has 3 amide bonds. The fourth-order valence-electron chi connectivity index (χ4n) is 3.42. The van der Waals surface area contributed by atoms with Gasteiger partial charge in [-0.3, -0.25) is 14.7 Å². The number of urea groups is 1. The quantitative estimate of drug-likeness (QED) is 0.246. The van der Waals surface area contributed by atoms with E-state index in [1.807, 2.05) is 23.9 Å². The number of carbonyl (C=O) groups is 2. The number of rotatable bonds is 9. The number of amides is 3. The van der Waals surface area contributed by atoms with Gasteiger partial charge >= 0.3 is 6.03 Å². The Morgan fingerprint density at radius 1 is 1.19 bits per heavy atom. The van der Waals surface area contributed by atoms with Crippen molar-refractivity contribution >= 4 is 17.9 Å². The fraction of sp³-hybridized carbons (Fsp3) is 0.455. The Bertz CT molecular complexity index is 908. The van der Waals surface area contributed by atoms with Crippen LogP contribution in [0, 0.1) is 0 Å². The molecule has 2 aromatic rings. The van der Waals surface area contributed by atoms with Crippen LogP contribution >= 0.6 is 0 Å². The minimum atomic E-state index is -0.779. The zero-order valence-electron chi connectivity index (χ0n) is 18.4. The molecule has 3 rings (SSSR count). The zero-order chi connectivity index (χ0) is 22.3. The van der Waals surface area contributed by atoms with Gasteiger partial charge in [0.2, 0.25) is 0 Å². The van der Waals surface area contributed by atoms with Gasteiger partial charge in [0, 0.05) is 39.1 Å². The Balaban J connectivity index is 1.36. The number of nitrogens with one attached hydrogen (secondary N) is 3. The number of aromatic nitrogens is 2. The summed E-state index contributed by atoms with van der Waals surface area (Å²) < 4.78 is 1.83. The normalized spacial score (nSPS) is 18.9. The second kappa shape index (κ2) is 10.1. The van der Waals surface area contributed by atoms with Crippen LogP contribution in [0.3, 0.4) is 0 Å². The van der Waals surface area contributed by atoms with Gasteiger partial charge in [-0.05, 0) is 49.9 Å². The van der Waals surface area contributed by atoms with Crippen LogP contribution in [-0.2, 0) is 11.2 Å². The highest BCUT2D eigenvalue weighted by Crippen LogP contribution is 2.20. The van der Waals surface area contributed by atoms with Gasteiger partial charge < -0.3 is 16.0 Å². The lowest BCUT2D eigenvalue weighted by atomic mass is 9.99. The van der Waals surface area contributed by atoms with E-state index in [2.05, 4.69) is 50.3 Å². The highest BCUT2D eigenvalue weighted by atomic mass is 16.2. The van der Waals surface area contributed by atoms with E-state index in [9.17, 15) is 9.59 Å². The van der Waals surface area contributed by atoms with Crippen molar-refractivity contribution in [3.63, 3.8) is 0 Å². The van der Waals surface area contributed by atoms with Crippen LogP contribution in [-0.4, -0.2) is 64.8 Å².